The first kappa shape index (κ1) is 29.3. The van der Waals surface area contributed by atoms with Crippen LogP contribution >= 0.6 is 0 Å². The third-order valence-corrected chi connectivity index (χ3v) is 7.55. The number of piperazine rings is 1. The number of para-hydroxylation sites is 2. The van der Waals surface area contributed by atoms with Crippen LogP contribution in [0.25, 0.3) is 0 Å². The molecule has 9 nitrogen and oxygen atoms in total. The number of likely N-dealkylation sites (tertiary alicyclic amines) is 1. The van der Waals surface area contributed by atoms with E-state index in [1.807, 2.05) is 19.1 Å². The number of aliphatic hydroxyl groups excluding tert-OH is 1. The molecular weight excluding hydrogens is 527 g/mol. The third-order valence-electron chi connectivity index (χ3n) is 7.55. The second-order valence-corrected chi connectivity index (χ2v) is 10.1. The Morgan fingerprint density at radius 1 is 1.07 bits per heavy atom. The number of amides is 3. The summed E-state index contributed by atoms with van der Waals surface area (Å²) in [5.74, 6) is -1.87. The Labute approximate surface area is 231 Å². The lowest BCUT2D eigenvalue weighted by Crippen LogP contribution is -2.56. The highest BCUT2D eigenvalue weighted by molar-refractivity contribution is 5.96. The summed E-state index contributed by atoms with van der Waals surface area (Å²) in [4.78, 5) is 47.9. The number of carbonyl (C=O) groups is 3. The van der Waals surface area contributed by atoms with Crippen LogP contribution in [-0.4, -0.2) is 83.0 Å². The van der Waals surface area contributed by atoms with Crippen LogP contribution in [0.3, 0.4) is 0 Å². The summed E-state index contributed by atoms with van der Waals surface area (Å²) in [6, 6.07) is 7.53. The number of halogens is 3. The van der Waals surface area contributed by atoms with Crippen molar-refractivity contribution in [2.24, 2.45) is 5.92 Å². The fourth-order valence-electron chi connectivity index (χ4n) is 5.66. The molecule has 2 unspecified atom stereocenters. The van der Waals surface area contributed by atoms with Gasteiger partial charge in [0.2, 0.25) is 11.8 Å². The lowest BCUT2D eigenvalue weighted by molar-refractivity contribution is -0.140. The molecule has 2 saturated heterocycles. The van der Waals surface area contributed by atoms with Gasteiger partial charge in [-0.2, -0.15) is 13.2 Å². The van der Waals surface area contributed by atoms with Gasteiger partial charge in [-0.05, 0) is 37.5 Å². The second-order valence-electron chi connectivity index (χ2n) is 10.1. The Bertz CT molecular complexity index is 1220. The van der Waals surface area contributed by atoms with E-state index in [9.17, 15) is 27.6 Å². The number of aliphatic hydroxyl groups is 1. The Hall–Kier alpha value is -3.67. The number of nitrogens with one attached hydrogen (secondary N) is 1. The summed E-state index contributed by atoms with van der Waals surface area (Å²) in [7, 11) is 0. The number of hydrogen-bond donors (Lipinski definition) is 2. The molecule has 12 heteroatoms. The van der Waals surface area contributed by atoms with E-state index < -0.39 is 47.7 Å². The highest BCUT2D eigenvalue weighted by atomic mass is 19.4. The topological polar surface area (TPSA) is 106 Å². The highest BCUT2D eigenvalue weighted by Crippen LogP contribution is 2.35. The van der Waals surface area contributed by atoms with Gasteiger partial charge >= 0.3 is 6.18 Å². The van der Waals surface area contributed by atoms with Gasteiger partial charge in [-0.25, -0.2) is 0 Å². The van der Waals surface area contributed by atoms with E-state index in [1.54, 1.807) is 17.0 Å². The number of hydrogen-bond acceptors (Lipinski definition) is 6. The quantitative estimate of drug-likeness (QED) is 0.537. The van der Waals surface area contributed by atoms with E-state index in [2.05, 4.69) is 15.2 Å². The van der Waals surface area contributed by atoms with Crippen molar-refractivity contribution in [2.45, 2.75) is 44.8 Å². The molecule has 0 bridgehead atoms. The van der Waals surface area contributed by atoms with Crippen LogP contribution in [0.15, 0.2) is 42.7 Å². The molecule has 2 aliphatic rings. The average Bonchev–Trinajstić information content (AvgIpc) is 2.96. The number of carbonyl (C=O) groups excluding carboxylic acids is 3. The minimum atomic E-state index is -4.70. The van der Waals surface area contributed by atoms with Gasteiger partial charge < -0.3 is 25.1 Å². The predicted molar refractivity (Wildman–Crippen MR) is 143 cm³/mol. The van der Waals surface area contributed by atoms with Crippen molar-refractivity contribution in [3.8, 4) is 0 Å². The zero-order valence-electron chi connectivity index (χ0n) is 22.4. The van der Waals surface area contributed by atoms with Gasteiger partial charge in [-0.3, -0.25) is 19.4 Å². The van der Waals surface area contributed by atoms with Crippen LogP contribution in [0.4, 0.5) is 24.5 Å². The molecule has 1 aromatic heterocycles. The Balaban J connectivity index is 1.48. The van der Waals surface area contributed by atoms with Crippen molar-refractivity contribution < 1.29 is 32.7 Å². The number of benzene rings is 1. The number of pyridine rings is 1. The van der Waals surface area contributed by atoms with E-state index in [1.165, 1.54) is 4.90 Å². The first-order valence-electron chi connectivity index (χ1n) is 13.5. The summed E-state index contributed by atoms with van der Waals surface area (Å²) >= 11 is 0. The van der Waals surface area contributed by atoms with Crippen LogP contribution < -0.4 is 10.2 Å². The first-order chi connectivity index (χ1) is 19.2. The molecule has 2 atom stereocenters. The molecule has 2 N–H and O–H groups in total. The zero-order chi connectivity index (χ0) is 28.9. The Morgan fingerprint density at radius 2 is 1.80 bits per heavy atom. The lowest BCUT2D eigenvalue weighted by Gasteiger charge is -2.44. The molecule has 0 aliphatic carbocycles. The van der Waals surface area contributed by atoms with E-state index in [0.717, 1.165) is 24.1 Å². The molecule has 216 valence electrons. The fourth-order valence-corrected chi connectivity index (χ4v) is 5.66. The van der Waals surface area contributed by atoms with Crippen molar-refractivity contribution in [3.05, 3.63) is 53.9 Å². The maximum atomic E-state index is 13.8. The van der Waals surface area contributed by atoms with Gasteiger partial charge in [0.15, 0.2) is 0 Å². The van der Waals surface area contributed by atoms with Gasteiger partial charge in [0.05, 0.1) is 28.4 Å². The molecule has 2 aromatic rings. The fraction of sp³-hybridized carbons (Fsp3) is 0.500. The molecule has 4 rings (SSSR count). The molecule has 0 spiro atoms. The Kier molecular flexibility index (Phi) is 9.28. The number of piperidine rings is 1. The van der Waals surface area contributed by atoms with Gasteiger partial charge in [0, 0.05) is 51.2 Å². The van der Waals surface area contributed by atoms with Crippen molar-refractivity contribution in [1.82, 2.24) is 14.8 Å². The van der Waals surface area contributed by atoms with Crippen LogP contribution in [0, 0.1) is 5.92 Å². The van der Waals surface area contributed by atoms with Gasteiger partial charge in [-0.15, -0.1) is 0 Å². The lowest BCUT2D eigenvalue weighted by atomic mass is 9.84. The number of nitrogens with zero attached hydrogens (tertiary/aromatic N) is 4. The smallest absolute Gasteiger partial charge is 0.387 e. The number of alkyl halides is 3. The molecule has 0 saturated carbocycles. The number of anilines is 2. The van der Waals surface area contributed by atoms with Crippen LogP contribution in [0.2, 0.25) is 0 Å². The zero-order valence-corrected chi connectivity index (χ0v) is 22.4. The number of aromatic nitrogens is 1. The second kappa shape index (κ2) is 12.7. The van der Waals surface area contributed by atoms with E-state index in [4.69, 9.17) is 5.11 Å². The van der Waals surface area contributed by atoms with Crippen molar-refractivity contribution in [3.63, 3.8) is 0 Å². The maximum Gasteiger partial charge on any atom is 0.417 e. The molecule has 1 aromatic carbocycles. The van der Waals surface area contributed by atoms with E-state index in [0.29, 0.717) is 57.5 Å². The third kappa shape index (κ3) is 6.38. The molecule has 40 heavy (non-hydrogen) atoms. The molecule has 2 aliphatic heterocycles. The largest absolute Gasteiger partial charge is 0.417 e. The molecule has 3 heterocycles. The Morgan fingerprint density at radius 3 is 2.48 bits per heavy atom. The summed E-state index contributed by atoms with van der Waals surface area (Å²) in [5, 5.41) is 11.8. The standard InChI is InChI=1S/C28H34F3N5O4/c1-2-6-23-19(7-5-12-36(23)27(40)20-17-32-11-10-21(20)28(29,30)31)26(39)35-15-13-34(14-16-35)24-9-4-3-8-22(24)33-25(38)18-37/h3-4,8-11,17,19,23,37H,2,5-7,12-16,18H2,1H3,(H,33,38). The predicted octanol–water partition coefficient (Wildman–Crippen LogP) is 3.40. The summed E-state index contributed by atoms with van der Waals surface area (Å²) < 4.78 is 40.9. The summed E-state index contributed by atoms with van der Waals surface area (Å²) in [6.45, 7) is 3.44. The highest BCUT2D eigenvalue weighted by Gasteiger charge is 2.43. The molecule has 3 amide bonds. The normalized spacial score (nSPS) is 19.9. The number of rotatable bonds is 7. The summed E-state index contributed by atoms with van der Waals surface area (Å²) in [6.07, 6.45) is -0.476. The van der Waals surface area contributed by atoms with E-state index >= 15 is 0 Å². The SMILES string of the molecule is CCCC1C(C(=O)N2CCN(c3ccccc3NC(=O)CO)CC2)CCCN1C(=O)c1cnccc1C(F)(F)F. The van der Waals surface area contributed by atoms with Crippen LogP contribution in [-0.2, 0) is 15.8 Å². The monoisotopic (exact) mass is 561 g/mol. The minimum Gasteiger partial charge on any atom is -0.387 e. The molecule has 2 fully saturated rings. The van der Waals surface area contributed by atoms with Crippen molar-refractivity contribution in [2.75, 3.05) is 49.5 Å². The summed E-state index contributed by atoms with van der Waals surface area (Å²) in [5.41, 5.74) is -0.168. The van der Waals surface area contributed by atoms with Gasteiger partial charge in [0.25, 0.3) is 5.91 Å². The van der Waals surface area contributed by atoms with Crippen LogP contribution in [0.1, 0.15) is 48.5 Å². The molecular formula is C28H34F3N5O4. The minimum absolute atomic E-state index is 0.0975. The first-order valence-corrected chi connectivity index (χ1v) is 13.5. The van der Waals surface area contributed by atoms with Gasteiger partial charge in [-0.1, -0.05) is 25.5 Å². The van der Waals surface area contributed by atoms with Crippen LogP contribution in [0.5, 0.6) is 0 Å². The van der Waals surface area contributed by atoms with Crippen molar-refractivity contribution >= 4 is 29.1 Å². The van der Waals surface area contributed by atoms with E-state index in [-0.39, 0.29) is 12.5 Å². The van der Waals surface area contributed by atoms with Gasteiger partial charge in [0.1, 0.15) is 6.61 Å². The maximum absolute atomic E-state index is 13.8. The molecule has 0 radical (unpaired) electrons. The average molecular weight is 562 g/mol. The van der Waals surface area contributed by atoms with Crippen molar-refractivity contribution in [1.29, 1.82) is 0 Å².